The van der Waals surface area contributed by atoms with Gasteiger partial charge in [0.15, 0.2) is 5.16 Å². The van der Waals surface area contributed by atoms with Crippen molar-refractivity contribution < 1.29 is 4.79 Å². The molecule has 2 aliphatic rings. The molecule has 2 aromatic heterocycles. The summed E-state index contributed by atoms with van der Waals surface area (Å²) < 4.78 is 1.80. The van der Waals surface area contributed by atoms with Gasteiger partial charge in [-0.2, -0.15) is 0 Å². The molecule has 5 rings (SSSR count). The number of carbonyl (C=O) groups excluding carboxylic acids is 1. The minimum Gasteiger partial charge on any atom is -0.353 e. The first kappa shape index (κ1) is 20.8. The van der Waals surface area contributed by atoms with E-state index in [0.717, 1.165) is 48.7 Å². The van der Waals surface area contributed by atoms with Gasteiger partial charge in [0, 0.05) is 17.5 Å². The number of aromatic nitrogens is 2. The minimum atomic E-state index is 0.0238. The number of hydrogen-bond acceptors (Lipinski definition) is 5. The number of thioether (sulfide) groups is 1. The van der Waals surface area contributed by atoms with Gasteiger partial charge < -0.3 is 5.32 Å². The van der Waals surface area contributed by atoms with Gasteiger partial charge in [-0.25, -0.2) is 4.98 Å². The highest BCUT2D eigenvalue weighted by Gasteiger charge is 2.26. The Hall–Kier alpha value is -2.12. The van der Waals surface area contributed by atoms with Crippen LogP contribution in [0.15, 0.2) is 40.3 Å². The maximum absolute atomic E-state index is 13.6. The lowest BCUT2D eigenvalue weighted by Crippen LogP contribution is -2.28. The average Bonchev–Trinajstić information content (AvgIpc) is 3.50. The number of amides is 1. The fourth-order valence-electron chi connectivity index (χ4n) is 4.22. The fourth-order valence-corrected chi connectivity index (χ4v) is 6.49. The zero-order valence-corrected chi connectivity index (χ0v) is 19.4. The number of fused-ring (bicyclic) bond motifs is 3. The first-order valence-electron chi connectivity index (χ1n) is 11.1. The van der Waals surface area contributed by atoms with Gasteiger partial charge in [-0.15, -0.1) is 11.3 Å². The van der Waals surface area contributed by atoms with Crippen molar-refractivity contribution in [1.82, 2.24) is 14.9 Å². The van der Waals surface area contributed by atoms with Crippen molar-refractivity contribution in [3.8, 4) is 0 Å². The topological polar surface area (TPSA) is 64.0 Å². The van der Waals surface area contributed by atoms with Crippen LogP contribution in [0.2, 0.25) is 0 Å². The van der Waals surface area contributed by atoms with Gasteiger partial charge in [-0.3, -0.25) is 14.2 Å². The normalized spacial score (nSPS) is 18.2. The van der Waals surface area contributed by atoms with Crippen LogP contribution in [-0.2, 0) is 30.6 Å². The second-order valence-corrected chi connectivity index (χ2v) is 10.8. The van der Waals surface area contributed by atoms with E-state index in [1.807, 2.05) is 18.2 Å². The zero-order chi connectivity index (χ0) is 21.4. The molecule has 1 fully saturated rings. The summed E-state index contributed by atoms with van der Waals surface area (Å²) in [5.74, 6) is 0.971. The van der Waals surface area contributed by atoms with Gasteiger partial charge in [0.05, 0.1) is 11.1 Å². The molecule has 162 valence electrons. The Kier molecular flexibility index (Phi) is 5.89. The molecule has 1 aromatic carbocycles. The quantitative estimate of drug-likeness (QED) is 0.430. The number of aryl methyl sites for hydroxylation is 2. The first-order chi connectivity index (χ1) is 15.1. The number of nitrogens with zero attached hydrogens (tertiary/aromatic N) is 2. The predicted octanol–water partition coefficient (Wildman–Crippen LogP) is 4.20. The lowest BCUT2D eigenvalue weighted by Gasteiger charge is -2.17. The van der Waals surface area contributed by atoms with Crippen molar-refractivity contribution in [2.24, 2.45) is 5.92 Å². The summed E-state index contributed by atoms with van der Waals surface area (Å²) in [6.07, 6.45) is 6.02. The summed E-state index contributed by atoms with van der Waals surface area (Å²) in [7, 11) is 0. The molecule has 5 nitrogen and oxygen atoms in total. The van der Waals surface area contributed by atoms with Crippen molar-refractivity contribution in [1.29, 1.82) is 0 Å². The van der Waals surface area contributed by atoms with Gasteiger partial charge in [-0.1, -0.05) is 49.0 Å². The molecule has 1 atom stereocenters. The Morgan fingerprint density at radius 1 is 1.26 bits per heavy atom. The molecular weight excluding hydrogens is 426 g/mol. The summed E-state index contributed by atoms with van der Waals surface area (Å²) in [6.45, 7) is 2.85. The van der Waals surface area contributed by atoms with E-state index in [4.69, 9.17) is 4.98 Å². The Balaban J connectivity index is 1.48. The molecule has 1 amide bonds. The van der Waals surface area contributed by atoms with Crippen molar-refractivity contribution in [2.75, 3.05) is 5.75 Å². The molecule has 1 N–H and O–H groups in total. The highest BCUT2D eigenvalue weighted by molar-refractivity contribution is 7.99. The van der Waals surface area contributed by atoms with Crippen LogP contribution in [0.4, 0.5) is 0 Å². The van der Waals surface area contributed by atoms with Crippen molar-refractivity contribution in [3.63, 3.8) is 0 Å². The second-order valence-electron chi connectivity index (χ2n) is 8.75. The molecular formula is C24H27N3O2S2. The van der Waals surface area contributed by atoms with E-state index in [0.29, 0.717) is 29.4 Å². The number of nitrogens with one attached hydrogen (secondary N) is 1. The molecule has 31 heavy (non-hydrogen) atoms. The second kappa shape index (κ2) is 8.79. The standard InChI is InChI=1S/C24H27N3O2S2/c1-15-7-10-18-19(13-15)31-22-21(18)23(29)27(12-11-16-5-3-2-4-6-16)24(26-22)30-14-20(28)25-17-8-9-17/h2-6,15,17H,7-14H2,1H3,(H,25,28). The van der Waals surface area contributed by atoms with Gasteiger partial charge >= 0.3 is 0 Å². The van der Waals surface area contributed by atoms with Crippen molar-refractivity contribution in [3.05, 3.63) is 56.7 Å². The van der Waals surface area contributed by atoms with Crippen LogP contribution >= 0.6 is 23.1 Å². The zero-order valence-electron chi connectivity index (χ0n) is 17.7. The molecule has 0 radical (unpaired) electrons. The van der Waals surface area contributed by atoms with Crippen LogP contribution < -0.4 is 10.9 Å². The molecule has 0 saturated heterocycles. The molecule has 0 spiro atoms. The largest absolute Gasteiger partial charge is 0.353 e. The molecule has 3 aromatic rings. The predicted molar refractivity (Wildman–Crippen MR) is 127 cm³/mol. The first-order valence-corrected chi connectivity index (χ1v) is 12.9. The highest BCUT2D eigenvalue weighted by Crippen LogP contribution is 2.36. The minimum absolute atomic E-state index is 0.0238. The molecule has 1 saturated carbocycles. The third kappa shape index (κ3) is 4.58. The number of thiophene rings is 1. The molecule has 2 aliphatic carbocycles. The number of carbonyl (C=O) groups is 1. The van der Waals surface area contributed by atoms with E-state index < -0.39 is 0 Å². The van der Waals surface area contributed by atoms with Gasteiger partial charge in [0.2, 0.25) is 5.91 Å². The van der Waals surface area contributed by atoms with Crippen molar-refractivity contribution in [2.45, 2.75) is 63.2 Å². The van der Waals surface area contributed by atoms with E-state index in [1.54, 1.807) is 15.9 Å². The van der Waals surface area contributed by atoms with Gasteiger partial charge in [0.25, 0.3) is 5.56 Å². The van der Waals surface area contributed by atoms with Gasteiger partial charge in [0.1, 0.15) is 4.83 Å². The monoisotopic (exact) mass is 453 g/mol. The lowest BCUT2D eigenvalue weighted by atomic mass is 9.89. The van der Waals surface area contributed by atoms with Crippen LogP contribution in [0.1, 0.15) is 42.2 Å². The molecule has 0 aliphatic heterocycles. The van der Waals surface area contributed by atoms with Crippen LogP contribution in [0.25, 0.3) is 10.2 Å². The summed E-state index contributed by atoms with van der Waals surface area (Å²) in [4.78, 5) is 33.0. The Morgan fingerprint density at radius 3 is 2.84 bits per heavy atom. The third-order valence-electron chi connectivity index (χ3n) is 6.12. The maximum Gasteiger partial charge on any atom is 0.263 e. The van der Waals surface area contributed by atoms with Crippen LogP contribution in [0, 0.1) is 5.92 Å². The molecule has 7 heteroatoms. The molecule has 2 heterocycles. The van der Waals surface area contributed by atoms with Gasteiger partial charge in [-0.05, 0) is 55.6 Å². The Bertz CT molecular complexity index is 1170. The van der Waals surface area contributed by atoms with E-state index in [-0.39, 0.29) is 11.5 Å². The van der Waals surface area contributed by atoms with E-state index in [2.05, 4.69) is 24.4 Å². The Morgan fingerprint density at radius 2 is 2.06 bits per heavy atom. The number of rotatable bonds is 7. The molecule has 1 unspecified atom stereocenters. The van der Waals surface area contributed by atoms with Crippen LogP contribution in [0.5, 0.6) is 0 Å². The van der Waals surface area contributed by atoms with E-state index >= 15 is 0 Å². The third-order valence-corrected chi connectivity index (χ3v) is 8.25. The summed E-state index contributed by atoms with van der Waals surface area (Å²) >= 11 is 3.05. The molecule has 0 bridgehead atoms. The summed E-state index contributed by atoms with van der Waals surface area (Å²) in [5.41, 5.74) is 2.46. The Labute approximate surface area is 190 Å². The number of hydrogen-bond donors (Lipinski definition) is 1. The maximum atomic E-state index is 13.6. The summed E-state index contributed by atoms with van der Waals surface area (Å²) in [5, 5.41) is 4.50. The van der Waals surface area contributed by atoms with Crippen molar-refractivity contribution >= 4 is 39.2 Å². The van der Waals surface area contributed by atoms with E-state index in [9.17, 15) is 9.59 Å². The SMILES string of the molecule is CC1CCc2c(sc3nc(SCC(=O)NC4CC4)n(CCc4ccccc4)c(=O)c23)C1. The van der Waals surface area contributed by atoms with E-state index in [1.165, 1.54) is 27.8 Å². The summed E-state index contributed by atoms with van der Waals surface area (Å²) in [6, 6.07) is 10.6. The lowest BCUT2D eigenvalue weighted by molar-refractivity contribution is -0.118. The fraction of sp³-hybridized carbons (Fsp3) is 0.458. The average molecular weight is 454 g/mol. The number of benzene rings is 1. The van der Waals surface area contributed by atoms with Crippen LogP contribution in [-0.4, -0.2) is 27.3 Å². The highest BCUT2D eigenvalue weighted by atomic mass is 32.2. The van der Waals surface area contributed by atoms with Crippen LogP contribution in [0.3, 0.4) is 0 Å². The smallest absolute Gasteiger partial charge is 0.263 e.